The molecule has 0 saturated heterocycles. The number of halogens is 6. The number of aliphatic imine (C=N–C) groups is 2. The average molecular weight is 339 g/mol. The molecule has 0 aromatic heterocycles. The fourth-order valence-electron chi connectivity index (χ4n) is 1.23. The molecule has 5 nitrogen and oxygen atoms in total. The zero-order valence-electron chi connectivity index (χ0n) is 11.0. The van der Waals surface area contributed by atoms with E-state index in [0.29, 0.717) is 0 Å². The average Bonchev–Trinajstić information content (AvgIpc) is 2.25. The van der Waals surface area contributed by atoms with Gasteiger partial charge in [-0.25, -0.2) is 0 Å². The zero-order chi connectivity index (χ0) is 15.9. The van der Waals surface area contributed by atoms with E-state index >= 15 is 0 Å². The second kappa shape index (κ2) is 5.10. The molecule has 0 atom stereocenters. The van der Waals surface area contributed by atoms with Gasteiger partial charge in [0.2, 0.25) is 0 Å². The smallest absolute Gasteiger partial charge is 0.374 e. The molecule has 0 spiro atoms. The van der Waals surface area contributed by atoms with E-state index in [2.05, 4.69) is 9.98 Å². The van der Waals surface area contributed by atoms with Crippen molar-refractivity contribution in [3.63, 3.8) is 0 Å². The van der Waals surface area contributed by atoms with Crippen LogP contribution < -0.4 is 0 Å². The van der Waals surface area contributed by atoms with Gasteiger partial charge in [-0.2, -0.15) is 27.5 Å². The van der Waals surface area contributed by atoms with E-state index in [0.717, 1.165) is 9.80 Å². The summed E-state index contributed by atoms with van der Waals surface area (Å²) in [7, 11) is 5.45. The quantitative estimate of drug-likeness (QED) is 0.572. The summed E-state index contributed by atoms with van der Waals surface area (Å²) < 4.78 is 59.1. The van der Waals surface area contributed by atoms with Crippen LogP contribution in [0.15, 0.2) is 9.98 Å². The Morgan fingerprint density at radius 2 is 1.20 bits per heavy atom. The Bertz CT molecular complexity index is 402. The summed E-state index contributed by atoms with van der Waals surface area (Å²) in [4.78, 5) is 8.48. The van der Waals surface area contributed by atoms with Crippen LogP contribution in [0.4, 0.5) is 17.6 Å². The first-order chi connectivity index (χ1) is 8.82. The lowest BCUT2D eigenvalue weighted by Crippen LogP contribution is -2.57. The van der Waals surface area contributed by atoms with Crippen LogP contribution in [-0.4, -0.2) is 66.5 Å². The second-order valence-corrected chi connectivity index (χ2v) is 5.30. The number of nitrogens with zero attached hydrogens (tertiary/aromatic N) is 4. The third-order valence-corrected chi connectivity index (χ3v) is 2.78. The topological polar surface area (TPSA) is 40.4 Å². The highest BCUT2D eigenvalue weighted by Gasteiger charge is 2.70. The molecule has 0 unspecified atom stereocenters. The summed E-state index contributed by atoms with van der Waals surface area (Å²) >= 11 is 9.58. The summed E-state index contributed by atoms with van der Waals surface area (Å²) in [6, 6.07) is -1.05. The van der Waals surface area contributed by atoms with Crippen molar-refractivity contribution in [2.24, 2.45) is 9.98 Å². The van der Waals surface area contributed by atoms with Crippen LogP contribution in [-0.2, 0) is 4.74 Å². The molecule has 1 aliphatic rings. The predicted octanol–water partition coefficient (Wildman–Crippen LogP) is 2.21. The maximum absolute atomic E-state index is 13.5. The van der Waals surface area contributed by atoms with Gasteiger partial charge in [-0.1, -0.05) is 0 Å². The van der Waals surface area contributed by atoms with Crippen molar-refractivity contribution >= 4 is 35.2 Å². The number of rotatable bonds is 2. The molecule has 0 fully saturated rings. The van der Waals surface area contributed by atoms with Gasteiger partial charge in [0.1, 0.15) is 0 Å². The molecule has 1 rings (SSSR count). The summed E-state index contributed by atoms with van der Waals surface area (Å²) in [5.74, 6) is 0. The van der Waals surface area contributed by atoms with Crippen molar-refractivity contribution in [1.82, 2.24) is 9.80 Å². The van der Waals surface area contributed by atoms with Crippen molar-refractivity contribution in [1.29, 1.82) is 0 Å². The lowest BCUT2D eigenvalue weighted by molar-refractivity contribution is -0.100. The van der Waals surface area contributed by atoms with Crippen LogP contribution in [0.5, 0.6) is 0 Å². The van der Waals surface area contributed by atoms with E-state index in [9.17, 15) is 17.6 Å². The van der Waals surface area contributed by atoms with Gasteiger partial charge in [0.15, 0.2) is 0 Å². The van der Waals surface area contributed by atoms with E-state index in [1.165, 1.54) is 28.2 Å². The molecule has 0 saturated carbocycles. The Kier molecular flexibility index (Phi) is 4.36. The fraction of sp³-hybridized carbons (Fsp3) is 0.778. The van der Waals surface area contributed by atoms with Gasteiger partial charge in [0.25, 0.3) is 12.0 Å². The van der Waals surface area contributed by atoms with Crippen LogP contribution >= 0.6 is 23.2 Å². The van der Waals surface area contributed by atoms with E-state index in [1.54, 1.807) is 0 Å². The second-order valence-electron chi connectivity index (χ2n) is 4.35. The molecule has 0 aromatic carbocycles. The van der Waals surface area contributed by atoms with Crippen LogP contribution in [0.2, 0.25) is 0 Å². The third-order valence-electron chi connectivity index (χ3n) is 2.25. The van der Waals surface area contributed by atoms with Crippen LogP contribution in [0.1, 0.15) is 0 Å². The Balaban J connectivity index is 3.57. The van der Waals surface area contributed by atoms with Gasteiger partial charge >= 0.3 is 16.4 Å². The molecule has 20 heavy (non-hydrogen) atoms. The van der Waals surface area contributed by atoms with Crippen LogP contribution in [0.3, 0.4) is 0 Å². The van der Waals surface area contributed by atoms with Gasteiger partial charge in [0, 0.05) is 28.2 Å². The number of ether oxygens (including phenoxy) is 1. The Hall–Kier alpha value is -0.960. The van der Waals surface area contributed by atoms with Gasteiger partial charge in [-0.05, 0) is 23.2 Å². The molecular weight excluding hydrogens is 327 g/mol. The van der Waals surface area contributed by atoms with Gasteiger partial charge < -0.3 is 14.5 Å². The largest absolute Gasteiger partial charge is 0.392 e. The molecule has 0 aromatic rings. The van der Waals surface area contributed by atoms with Crippen molar-refractivity contribution in [3.8, 4) is 0 Å². The van der Waals surface area contributed by atoms with E-state index in [4.69, 9.17) is 27.9 Å². The molecule has 1 aliphatic heterocycles. The first kappa shape index (κ1) is 17.1. The lowest BCUT2D eigenvalue weighted by Gasteiger charge is -2.37. The monoisotopic (exact) mass is 338 g/mol. The highest BCUT2D eigenvalue weighted by Crippen LogP contribution is 2.50. The van der Waals surface area contributed by atoms with E-state index in [1.807, 2.05) is 0 Å². The fourth-order valence-corrected chi connectivity index (χ4v) is 1.68. The first-order valence-corrected chi connectivity index (χ1v) is 5.93. The minimum absolute atomic E-state index is 0.524. The van der Waals surface area contributed by atoms with Crippen molar-refractivity contribution in [3.05, 3.63) is 0 Å². The highest BCUT2D eigenvalue weighted by atomic mass is 35.5. The van der Waals surface area contributed by atoms with E-state index < -0.39 is 28.5 Å². The minimum Gasteiger partial charge on any atom is -0.392 e. The predicted molar refractivity (Wildman–Crippen MR) is 67.7 cm³/mol. The molecule has 116 valence electrons. The maximum Gasteiger partial charge on any atom is 0.374 e. The number of hydrogen-bond acceptors (Lipinski definition) is 5. The molecule has 1 heterocycles. The summed E-state index contributed by atoms with van der Waals surface area (Å²) in [6.45, 7) is 0. The molecular formula is C9H12Cl2F4N4O. The van der Waals surface area contributed by atoms with Crippen LogP contribution in [0, 0.1) is 0 Å². The number of hydrogen-bond donors (Lipinski definition) is 0. The normalized spacial score (nSPS) is 18.9. The van der Waals surface area contributed by atoms with E-state index in [-0.39, 0.29) is 0 Å². The van der Waals surface area contributed by atoms with Gasteiger partial charge in [-0.3, -0.25) is 0 Å². The summed E-state index contributed by atoms with van der Waals surface area (Å²) in [5, 5.41) is -9.07. The standard InChI is InChI=1S/C9H12Cl2F4N4O/c1-18(2)5-16-7(8(10,12)13,9(11,14)15)17-6(20-5)19(3)4/h1-4H3. The van der Waals surface area contributed by atoms with Crippen molar-refractivity contribution < 1.29 is 22.3 Å². The van der Waals surface area contributed by atoms with Crippen LogP contribution in [0.25, 0.3) is 0 Å². The molecule has 0 radical (unpaired) electrons. The van der Waals surface area contributed by atoms with Gasteiger partial charge in [0.05, 0.1) is 0 Å². The Morgan fingerprint density at radius 1 is 0.900 bits per heavy atom. The lowest BCUT2D eigenvalue weighted by atomic mass is 10.2. The number of amidine groups is 2. The third kappa shape index (κ3) is 2.88. The number of alkyl halides is 6. The summed E-state index contributed by atoms with van der Waals surface area (Å²) in [5.41, 5.74) is -3.71. The minimum atomic E-state index is -4.54. The first-order valence-electron chi connectivity index (χ1n) is 5.17. The Labute approximate surface area is 122 Å². The zero-order valence-corrected chi connectivity index (χ0v) is 12.5. The van der Waals surface area contributed by atoms with Gasteiger partial charge in [-0.15, -0.1) is 0 Å². The SMILES string of the molecule is CN(C)C1=NC(C(F)(F)Cl)(C(F)(F)Cl)N=C(N(C)C)O1. The summed E-state index contributed by atoms with van der Waals surface area (Å²) in [6.07, 6.45) is 0. The molecule has 0 N–H and O–H groups in total. The molecule has 11 heteroatoms. The molecule has 0 amide bonds. The molecule has 0 aliphatic carbocycles. The highest BCUT2D eigenvalue weighted by molar-refractivity contribution is 6.27. The Morgan fingerprint density at radius 3 is 1.40 bits per heavy atom. The maximum atomic E-state index is 13.5. The molecule has 0 bridgehead atoms. The van der Waals surface area contributed by atoms with Crippen molar-refractivity contribution in [2.75, 3.05) is 28.2 Å². The van der Waals surface area contributed by atoms with Crippen molar-refractivity contribution in [2.45, 2.75) is 16.4 Å².